The van der Waals surface area contributed by atoms with Gasteiger partial charge in [0.1, 0.15) is 6.07 Å². The molecule has 0 spiro atoms. The highest BCUT2D eigenvalue weighted by Gasteiger charge is 2.18. The molecule has 0 saturated carbocycles. The van der Waals surface area contributed by atoms with E-state index in [2.05, 4.69) is 10.2 Å². The van der Waals surface area contributed by atoms with E-state index in [4.69, 9.17) is 44.2 Å². The fraction of sp³-hybridized carbons (Fsp3) is 0.176. The van der Waals surface area contributed by atoms with Gasteiger partial charge in [-0.05, 0) is 18.0 Å². The summed E-state index contributed by atoms with van der Waals surface area (Å²) in [6.07, 6.45) is 0. The standard InChI is InChI=1S/C17H12Cl2N6O4/c1-7(2)9-5-13(26)22-23-16(9)29-14-10(18)3-8(4-11(14)19)25-17(28)21-15(27)12(6-20)24-25/h3-5,7H,1-2H3,(H,22,26)(H,21,27,28)/i1D3,2D3,3D,4D. The summed E-state index contributed by atoms with van der Waals surface area (Å²) >= 11 is 12.4. The predicted molar refractivity (Wildman–Crippen MR) is 104 cm³/mol. The fourth-order valence-corrected chi connectivity index (χ4v) is 2.55. The molecule has 2 heterocycles. The van der Waals surface area contributed by atoms with Gasteiger partial charge in [0.2, 0.25) is 11.6 Å². The molecule has 0 aliphatic carbocycles. The second-order valence-electron chi connectivity index (χ2n) is 5.21. The number of hydrogen-bond donors (Lipinski definition) is 2. The summed E-state index contributed by atoms with van der Waals surface area (Å²) in [5.41, 5.74) is -5.38. The molecule has 0 saturated heterocycles. The number of nitrogens with one attached hydrogen (secondary N) is 2. The van der Waals surface area contributed by atoms with Crippen molar-refractivity contribution in [3.8, 4) is 23.4 Å². The summed E-state index contributed by atoms with van der Waals surface area (Å²) in [4.78, 5) is 37.5. The molecule has 0 unspecified atom stereocenters. The largest absolute Gasteiger partial charge is 0.434 e. The maximum absolute atomic E-state index is 12.3. The molecule has 0 aliphatic heterocycles. The highest BCUT2D eigenvalue weighted by Crippen LogP contribution is 2.38. The topological polar surface area (TPSA) is 147 Å². The molecule has 0 fully saturated rings. The molecule has 148 valence electrons. The van der Waals surface area contributed by atoms with Crippen LogP contribution in [0.1, 0.15) is 41.8 Å². The Bertz CT molecular complexity index is 1580. The molecule has 29 heavy (non-hydrogen) atoms. The van der Waals surface area contributed by atoms with Gasteiger partial charge in [-0.1, -0.05) is 36.9 Å². The summed E-state index contributed by atoms with van der Waals surface area (Å²) in [6, 6.07) is 0.484. The van der Waals surface area contributed by atoms with E-state index in [0.717, 1.165) is 0 Å². The Labute approximate surface area is 183 Å². The second-order valence-corrected chi connectivity index (χ2v) is 5.97. The number of nitriles is 1. The molecule has 0 aliphatic rings. The van der Waals surface area contributed by atoms with Crippen molar-refractivity contribution in [2.24, 2.45) is 0 Å². The lowest BCUT2D eigenvalue weighted by atomic mass is 10.1. The van der Waals surface area contributed by atoms with Gasteiger partial charge in [0.15, 0.2) is 5.75 Å². The highest BCUT2D eigenvalue weighted by molar-refractivity contribution is 6.37. The SMILES string of the molecule is [2H]c1c(Cl)c(Oc2n[nH]c(=O)cc2C(C([2H])([2H])[2H])C([2H])([2H])[2H])c(Cl)c([2H])c1-n1nc(C#N)c(=O)[nH]c1=O. The van der Waals surface area contributed by atoms with Crippen LogP contribution in [0.25, 0.3) is 5.69 Å². The normalized spacial score (nSPS) is 15.7. The number of rotatable bonds is 4. The third-order valence-electron chi connectivity index (χ3n) is 3.31. The minimum Gasteiger partial charge on any atom is -0.434 e. The van der Waals surface area contributed by atoms with Crippen LogP contribution in [0.3, 0.4) is 0 Å². The molecule has 0 amide bonds. The first-order valence-corrected chi connectivity index (χ1v) is 8.14. The molecule has 0 bridgehead atoms. The molecule has 0 atom stereocenters. The summed E-state index contributed by atoms with van der Waals surface area (Å²) in [5.74, 6) is -3.66. The minimum atomic E-state index is -3.15. The maximum atomic E-state index is 12.3. The Morgan fingerprint density at radius 3 is 2.62 bits per heavy atom. The average molecular weight is 443 g/mol. The van der Waals surface area contributed by atoms with Gasteiger partial charge in [0.25, 0.3) is 11.1 Å². The van der Waals surface area contributed by atoms with Crippen molar-refractivity contribution in [1.29, 1.82) is 5.26 Å². The first kappa shape index (κ1) is 12.2. The fourth-order valence-electron chi connectivity index (χ4n) is 2.06. The van der Waals surface area contributed by atoms with Crippen molar-refractivity contribution < 1.29 is 15.7 Å². The Balaban J connectivity index is 2.27. The number of H-pyrrole nitrogens is 2. The third-order valence-corrected chi connectivity index (χ3v) is 3.84. The van der Waals surface area contributed by atoms with Crippen LogP contribution < -0.4 is 21.5 Å². The Kier molecular flexibility index (Phi) is 3.33. The average Bonchev–Trinajstić information content (AvgIpc) is 2.76. The smallest absolute Gasteiger partial charge is 0.349 e. The van der Waals surface area contributed by atoms with Crippen molar-refractivity contribution in [2.75, 3.05) is 0 Å². The van der Waals surface area contributed by atoms with E-state index in [1.54, 1.807) is 4.98 Å². The number of aromatic amines is 2. The van der Waals surface area contributed by atoms with Gasteiger partial charge in [-0.3, -0.25) is 14.6 Å². The van der Waals surface area contributed by atoms with Crippen molar-refractivity contribution in [3.63, 3.8) is 0 Å². The first-order chi connectivity index (χ1) is 17.0. The van der Waals surface area contributed by atoms with Crippen LogP contribution in [0.15, 0.2) is 32.5 Å². The lowest BCUT2D eigenvalue weighted by molar-refractivity contribution is 0.444. The zero-order valence-electron chi connectivity index (χ0n) is 21.8. The molecular formula is C17H12Cl2N6O4. The van der Waals surface area contributed by atoms with Crippen molar-refractivity contribution in [1.82, 2.24) is 25.0 Å². The number of ether oxygens (including phenoxy) is 1. The maximum Gasteiger partial charge on any atom is 0.349 e. The van der Waals surface area contributed by atoms with Crippen LogP contribution >= 0.6 is 23.2 Å². The van der Waals surface area contributed by atoms with Gasteiger partial charge in [-0.25, -0.2) is 9.89 Å². The van der Waals surface area contributed by atoms with Crippen LogP contribution in [-0.2, 0) is 0 Å². The molecule has 1 aromatic carbocycles. The molecule has 0 radical (unpaired) electrons. The lowest BCUT2D eigenvalue weighted by Gasteiger charge is -2.14. The quantitative estimate of drug-likeness (QED) is 0.628. The summed E-state index contributed by atoms with van der Waals surface area (Å²) in [6.45, 7) is -6.29. The van der Waals surface area contributed by atoms with Gasteiger partial charge in [0.05, 0.1) is 18.5 Å². The van der Waals surface area contributed by atoms with Crippen LogP contribution in [0.4, 0.5) is 0 Å². The van der Waals surface area contributed by atoms with E-state index < -0.39 is 87.1 Å². The Morgan fingerprint density at radius 2 is 2.00 bits per heavy atom. The summed E-state index contributed by atoms with van der Waals surface area (Å²) in [7, 11) is 0. The molecule has 3 rings (SSSR count). The zero-order chi connectivity index (χ0) is 28.0. The van der Waals surface area contributed by atoms with E-state index >= 15 is 0 Å². The third kappa shape index (κ3) is 4.06. The van der Waals surface area contributed by atoms with E-state index in [9.17, 15) is 14.4 Å². The molecule has 10 nitrogen and oxygen atoms in total. The molecular weight excluding hydrogens is 423 g/mol. The first-order valence-electron chi connectivity index (χ1n) is 11.4. The van der Waals surface area contributed by atoms with Crippen molar-refractivity contribution in [3.05, 3.63) is 70.6 Å². The van der Waals surface area contributed by atoms with Crippen LogP contribution in [-0.4, -0.2) is 25.0 Å². The predicted octanol–water partition coefficient (Wildman–Crippen LogP) is 2.10. The summed E-state index contributed by atoms with van der Waals surface area (Å²) in [5, 5.41) is 16.7. The van der Waals surface area contributed by atoms with Crippen molar-refractivity contribution in [2.45, 2.75) is 19.6 Å². The minimum absolute atomic E-state index is 0.342. The monoisotopic (exact) mass is 442 g/mol. The Hall–Kier alpha value is -3.42. The number of halogens is 2. The van der Waals surface area contributed by atoms with Gasteiger partial charge < -0.3 is 4.74 Å². The second kappa shape index (κ2) is 7.90. The van der Waals surface area contributed by atoms with E-state index in [1.165, 1.54) is 6.07 Å². The number of hydrogen-bond acceptors (Lipinski definition) is 7. The Morgan fingerprint density at radius 1 is 1.31 bits per heavy atom. The van der Waals surface area contributed by atoms with Gasteiger partial charge in [-0.2, -0.15) is 9.94 Å². The lowest BCUT2D eigenvalue weighted by Crippen LogP contribution is -2.33. The highest BCUT2D eigenvalue weighted by atomic mass is 35.5. The number of benzene rings is 1. The number of aromatic nitrogens is 5. The van der Waals surface area contributed by atoms with Crippen LogP contribution in [0, 0.1) is 11.3 Å². The zero-order valence-corrected chi connectivity index (χ0v) is 15.3. The summed E-state index contributed by atoms with van der Waals surface area (Å²) < 4.78 is 68.3. The van der Waals surface area contributed by atoms with Gasteiger partial charge >= 0.3 is 5.69 Å². The van der Waals surface area contributed by atoms with E-state index in [-0.39, 0.29) is 0 Å². The van der Waals surface area contributed by atoms with Gasteiger partial charge in [0, 0.05) is 19.9 Å². The van der Waals surface area contributed by atoms with Crippen LogP contribution in [0.2, 0.25) is 10.0 Å². The van der Waals surface area contributed by atoms with Crippen LogP contribution in [0.5, 0.6) is 11.6 Å². The van der Waals surface area contributed by atoms with E-state index in [0.29, 0.717) is 10.7 Å². The molecule has 2 N–H and O–H groups in total. The number of nitrogens with zero attached hydrogens (tertiary/aromatic N) is 4. The van der Waals surface area contributed by atoms with Crippen molar-refractivity contribution >= 4 is 23.2 Å². The van der Waals surface area contributed by atoms with E-state index in [1.807, 2.05) is 5.10 Å². The molecule has 2 aromatic heterocycles. The molecule has 3 aromatic rings. The molecule has 12 heteroatoms. The van der Waals surface area contributed by atoms with Gasteiger partial charge in [-0.15, -0.1) is 10.2 Å².